The fraction of sp³-hybridized carbons (Fsp3) is 0.867. The van der Waals surface area contributed by atoms with E-state index in [-0.39, 0.29) is 23.8 Å². The second-order valence-electron chi connectivity index (χ2n) is 6.81. The fourth-order valence-electron chi connectivity index (χ4n) is 4.75. The van der Waals surface area contributed by atoms with Crippen LogP contribution in [0.3, 0.4) is 0 Å². The molecule has 4 rings (SSSR count). The highest BCUT2D eigenvalue weighted by atomic mass is 16.2. The zero-order valence-electron chi connectivity index (χ0n) is 11.4. The lowest BCUT2D eigenvalue weighted by Gasteiger charge is -2.26. The summed E-state index contributed by atoms with van der Waals surface area (Å²) in [6.07, 6.45) is 7.35. The lowest BCUT2D eigenvalue weighted by molar-refractivity contribution is -0.141. The first-order valence-corrected chi connectivity index (χ1v) is 7.85. The van der Waals surface area contributed by atoms with E-state index in [9.17, 15) is 9.59 Å². The summed E-state index contributed by atoms with van der Waals surface area (Å²) in [5, 5.41) is 0. The molecule has 3 aliphatic heterocycles. The molecule has 3 saturated heterocycles. The van der Waals surface area contributed by atoms with Gasteiger partial charge in [-0.25, -0.2) is 0 Å². The number of likely N-dealkylation sites (tertiary alicyclic amines) is 1. The van der Waals surface area contributed by atoms with E-state index < -0.39 is 0 Å². The Bertz CT molecular complexity index is 388. The molecule has 2 bridgehead atoms. The number of piperidine rings is 1. The number of carbonyl (C=O) groups excluding carboxylic acids is 2. The maximum atomic E-state index is 12.5. The molecule has 4 heteroatoms. The van der Waals surface area contributed by atoms with Crippen molar-refractivity contribution >= 4 is 11.8 Å². The van der Waals surface area contributed by atoms with Gasteiger partial charge in [0.1, 0.15) is 6.04 Å². The maximum Gasteiger partial charge on any atom is 0.247 e. The van der Waals surface area contributed by atoms with Crippen LogP contribution in [0.15, 0.2) is 0 Å². The van der Waals surface area contributed by atoms with Crippen LogP contribution in [0.4, 0.5) is 0 Å². The molecule has 0 aromatic rings. The van der Waals surface area contributed by atoms with E-state index >= 15 is 0 Å². The quantitative estimate of drug-likeness (QED) is 0.703. The summed E-state index contributed by atoms with van der Waals surface area (Å²) in [5.74, 6) is 1.28. The van der Waals surface area contributed by atoms with Crippen molar-refractivity contribution in [2.24, 2.45) is 17.8 Å². The molecule has 0 radical (unpaired) electrons. The molecule has 0 aromatic carbocycles. The Balaban J connectivity index is 1.51. The molecule has 0 spiro atoms. The van der Waals surface area contributed by atoms with E-state index in [0.717, 1.165) is 19.5 Å². The monoisotopic (exact) mass is 262 g/mol. The van der Waals surface area contributed by atoms with Crippen LogP contribution in [-0.4, -0.2) is 47.3 Å². The Hall–Kier alpha value is -0.900. The zero-order valence-corrected chi connectivity index (χ0v) is 11.4. The van der Waals surface area contributed by atoms with Gasteiger partial charge in [-0.15, -0.1) is 0 Å². The van der Waals surface area contributed by atoms with Gasteiger partial charge in [0.25, 0.3) is 0 Å². The van der Waals surface area contributed by atoms with Crippen molar-refractivity contribution in [2.75, 3.05) is 19.6 Å². The van der Waals surface area contributed by atoms with Crippen molar-refractivity contribution in [2.45, 2.75) is 44.6 Å². The van der Waals surface area contributed by atoms with Gasteiger partial charge in [0.2, 0.25) is 11.8 Å². The standard InChI is InChI=1S/C15H22N2O2/c18-14-12-11-6-7-16(9-11)13(12)15(19)17(14)8-10-4-2-1-3-5-10/h10-13H,1-9H2. The Morgan fingerprint density at radius 2 is 1.79 bits per heavy atom. The summed E-state index contributed by atoms with van der Waals surface area (Å²) in [7, 11) is 0. The van der Waals surface area contributed by atoms with Gasteiger partial charge in [-0.3, -0.25) is 19.4 Å². The lowest BCUT2D eigenvalue weighted by atomic mass is 9.88. The molecule has 4 nitrogen and oxygen atoms in total. The summed E-state index contributed by atoms with van der Waals surface area (Å²) in [6.45, 7) is 2.69. The predicted molar refractivity (Wildman–Crippen MR) is 70.3 cm³/mol. The first-order valence-electron chi connectivity index (χ1n) is 7.85. The number of hydrogen-bond acceptors (Lipinski definition) is 3. The summed E-state index contributed by atoms with van der Waals surface area (Å²) < 4.78 is 0. The van der Waals surface area contributed by atoms with Gasteiger partial charge < -0.3 is 0 Å². The van der Waals surface area contributed by atoms with Crippen LogP contribution in [0.2, 0.25) is 0 Å². The van der Waals surface area contributed by atoms with E-state index in [2.05, 4.69) is 4.90 Å². The van der Waals surface area contributed by atoms with Crippen molar-refractivity contribution in [1.29, 1.82) is 0 Å². The maximum absolute atomic E-state index is 12.5. The Morgan fingerprint density at radius 1 is 1.00 bits per heavy atom. The van der Waals surface area contributed by atoms with Crippen LogP contribution in [0, 0.1) is 17.8 Å². The molecule has 0 aromatic heterocycles. The van der Waals surface area contributed by atoms with Gasteiger partial charge in [-0.2, -0.15) is 0 Å². The molecule has 1 aliphatic carbocycles. The number of imide groups is 1. The van der Waals surface area contributed by atoms with Gasteiger partial charge in [0.05, 0.1) is 5.92 Å². The van der Waals surface area contributed by atoms with Crippen LogP contribution >= 0.6 is 0 Å². The molecule has 4 aliphatic rings. The average molecular weight is 262 g/mol. The van der Waals surface area contributed by atoms with Gasteiger partial charge in [-0.1, -0.05) is 19.3 Å². The second kappa shape index (κ2) is 4.30. The molecule has 19 heavy (non-hydrogen) atoms. The molecular formula is C15H22N2O2. The Morgan fingerprint density at radius 3 is 2.53 bits per heavy atom. The molecule has 4 atom stereocenters. The van der Waals surface area contributed by atoms with E-state index in [1.807, 2.05) is 0 Å². The van der Waals surface area contributed by atoms with Crippen LogP contribution in [0.5, 0.6) is 0 Å². The largest absolute Gasteiger partial charge is 0.291 e. The molecule has 1 saturated carbocycles. The smallest absolute Gasteiger partial charge is 0.247 e. The number of carbonyl (C=O) groups is 2. The second-order valence-corrected chi connectivity index (χ2v) is 6.81. The highest BCUT2D eigenvalue weighted by molar-refractivity contribution is 6.07. The first kappa shape index (κ1) is 11.9. The highest BCUT2D eigenvalue weighted by Crippen LogP contribution is 2.44. The van der Waals surface area contributed by atoms with E-state index in [0.29, 0.717) is 18.4 Å². The van der Waals surface area contributed by atoms with E-state index in [4.69, 9.17) is 0 Å². The fourth-order valence-corrected chi connectivity index (χ4v) is 4.75. The third-order valence-electron chi connectivity index (χ3n) is 5.73. The van der Waals surface area contributed by atoms with Crippen molar-refractivity contribution in [3.8, 4) is 0 Å². The average Bonchev–Trinajstić information content (AvgIpc) is 3.10. The molecule has 4 unspecified atom stereocenters. The zero-order chi connectivity index (χ0) is 13.0. The van der Waals surface area contributed by atoms with Gasteiger partial charge in [0, 0.05) is 13.1 Å². The number of hydrogen-bond donors (Lipinski definition) is 0. The number of fused-ring (bicyclic) bond motifs is 5. The van der Waals surface area contributed by atoms with Crippen molar-refractivity contribution in [3.63, 3.8) is 0 Å². The molecule has 104 valence electrons. The SMILES string of the molecule is O=C1C2C3CCN(C3)C2C(=O)N1CC1CCCCC1. The third kappa shape index (κ3) is 1.69. The number of rotatable bonds is 2. The summed E-state index contributed by atoms with van der Waals surface area (Å²) >= 11 is 0. The molecule has 4 fully saturated rings. The normalized spacial score (nSPS) is 42.2. The number of nitrogens with zero attached hydrogens (tertiary/aromatic N) is 2. The minimum absolute atomic E-state index is 0.00448. The van der Waals surface area contributed by atoms with Crippen molar-refractivity contribution in [3.05, 3.63) is 0 Å². The van der Waals surface area contributed by atoms with E-state index in [1.165, 1.54) is 32.1 Å². The summed E-state index contributed by atoms with van der Waals surface area (Å²) in [6, 6.07) is -0.0881. The Kier molecular flexibility index (Phi) is 2.69. The molecule has 3 heterocycles. The minimum atomic E-state index is -0.0881. The van der Waals surface area contributed by atoms with Gasteiger partial charge >= 0.3 is 0 Å². The van der Waals surface area contributed by atoms with Gasteiger partial charge in [-0.05, 0) is 37.6 Å². The summed E-state index contributed by atoms with van der Waals surface area (Å²) in [4.78, 5) is 28.9. The summed E-state index contributed by atoms with van der Waals surface area (Å²) in [5.41, 5.74) is 0. The topological polar surface area (TPSA) is 40.6 Å². The molecule has 0 N–H and O–H groups in total. The van der Waals surface area contributed by atoms with Gasteiger partial charge in [0.15, 0.2) is 0 Å². The first-order chi connectivity index (χ1) is 9.25. The molecular weight excluding hydrogens is 240 g/mol. The van der Waals surface area contributed by atoms with Crippen LogP contribution < -0.4 is 0 Å². The van der Waals surface area contributed by atoms with Crippen LogP contribution in [0.1, 0.15) is 38.5 Å². The Labute approximate surface area is 114 Å². The van der Waals surface area contributed by atoms with Crippen molar-refractivity contribution in [1.82, 2.24) is 9.80 Å². The van der Waals surface area contributed by atoms with Crippen LogP contribution in [-0.2, 0) is 9.59 Å². The minimum Gasteiger partial charge on any atom is -0.291 e. The van der Waals surface area contributed by atoms with Crippen molar-refractivity contribution < 1.29 is 9.59 Å². The predicted octanol–water partition coefficient (Wildman–Crippen LogP) is 1.26. The number of amides is 2. The highest BCUT2D eigenvalue weighted by Gasteiger charge is 2.60. The van der Waals surface area contributed by atoms with E-state index in [1.54, 1.807) is 4.90 Å². The lowest BCUT2D eigenvalue weighted by Crippen LogP contribution is -2.41. The molecule has 2 amide bonds. The third-order valence-corrected chi connectivity index (χ3v) is 5.73. The van der Waals surface area contributed by atoms with Crippen LogP contribution in [0.25, 0.3) is 0 Å².